The lowest BCUT2D eigenvalue weighted by atomic mass is 9.77. The summed E-state index contributed by atoms with van der Waals surface area (Å²) in [6, 6.07) is 3.59. The summed E-state index contributed by atoms with van der Waals surface area (Å²) in [5.41, 5.74) is 0.0303. The molecular formula is C16H22BrCl2NO. The normalized spacial score (nSPS) is 17.4. The molecule has 1 aliphatic rings. The summed E-state index contributed by atoms with van der Waals surface area (Å²) >= 11 is 15.8. The van der Waals surface area contributed by atoms with Gasteiger partial charge in [0.1, 0.15) is 11.4 Å². The van der Waals surface area contributed by atoms with Crippen molar-refractivity contribution in [2.24, 2.45) is 0 Å². The van der Waals surface area contributed by atoms with Crippen LogP contribution in [0.15, 0.2) is 16.6 Å². The van der Waals surface area contributed by atoms with Crippen LogP contribution >= 0.6 is 39.1 Å². The molecule has 2 rings (SSSR count). The Morgan fingerprint density at radius 1 is 1.24 bits per heavy atom. The van der Waals surface area contributed by atoms with Gasteiger partial charge in [-0.2, -0.15) is 0 Å². The fourth-order valence-electron chi connectivity index (χ4n) is 2.46. The maximum absolute atomic E-state index is 6.27. The highest BCUT2D eigenvalue weighted by Crippen LogP contribution is 2.43. The van der Waals surface area contributed by atoms with Crippen LogP contribution < -0.4 is 10.1 Å². The molecule has 1 aromatic carbocycles. The minimum Gasteiger partial charge on any atom is -0.486 e. The lowest BCUT2D eigenvalue weighted by molar-refractivity contribution is -0.0151. The Morgan fingerprint density at radius 2 is 1.90 bits per heavy atom. The highest BCUT2D eigenvalue weighted by molar-refractivity contribution is 9.10. The zero-order chi connectivity index (χ0) is 15.7. The molecule has 118 valence electrons. The van der Waals surface area contributed by atoms with E-state index in [9.17, 15) is 0 Å². The molecule has 1 aromatic rings. The number of benzene rings is 1. The van der Waals surface area contributed by atoms with E-state index in [1.165, 1.54) is 6.42 Å². The number of nitrogens with one attached hydrogen (secondary N) is 1. The third-order valence-corrected chi connectivity index (χ3v) is 5.29. The Bertz CT molecular complexity index is 510. The van der Waals surface area contributed by atoms with E-state index in [0.29, 0.717) is 15.8 Å². The van der Waals surface area contributed by atoms with Crippen LogP contribution in [0.25, 0.3) is 0 Å². The molecule has 0 bridgehead atoms. The largest absolute Gasteiger partial charge is 0.486 e. The fraction of sp³-hybridized carbons (Fsp3) is 0.625. The van der Waals surface area contributed by atoms with Crippen molar-refractivity contribution in [3.63, 3.8) is 0 Å². The van der Waals surface area contributed by atoms with Crippen molar-refractivity contribution in [1.29, 1.82) is 0 Å². The molecule has 0 aliphatic heterocycles. The van der Waals surface area contributed by atoms with Gasteiger partial charge >= 0.3 is 0 Å². The van der Waals surface area contributed by atoms with E-state index in [4.69, 9.17) is 27.9 Å². The van der Waals surface area contributed by atoms with Crippen LogP contribution in [0.4, 0.5) is 0 Å². The van der Waals surface area contributed by atoms with E-state index in [1.807, 2.05) is 0 Å². The van der Waals surface area contributed by atoms with E-state index < -0.39 is 0 Å². The van der Waals surface area contributed by atoms with Crippen molar-refractivity contribution in [1.82, 2.24) is 5.32 Å². The van der Waals surface area contributed by atoms with Gasteiger partial charge in [0.15, 0.2) is 0 Å². The molecule has 1 fully saturated rings. The SMILES string of the molecule is CC(C)(C)NCCC1(Oc2cc(Cl)c(Br)cc2Cl)CCC1. The summed E-state index contributed by atoms with van der Waals surface area (Å²) in [6.07, 6.45) is 4.33. The number of hydrogen-bond acceptors (Lipinski definition) is 2. The maximum Gasteiger partial charge on any atom is 0.140 e. The summed E-state index contributed by atoms with van der Waals surface area (Å²) in [7, 11) is 0. The molecule has 1 N–H and O–H groups in total. The highest BCUT2D eigenvalue weighted by atomic mass is 79.9. The first-order valence-corrected chi connectivity index (χ1v) is 8.84. The number of hydrogen-bond donors (Lipinski definition) is 1. The predicted molar refractivity (Wildman–Crippen MR) is 93.7 cm³/mol. The van der Waals surface area contributed by atoms with Gasteiger partial charge < -0.3 is 10.1 Å². The molecule has 21 heavy (non-hydrogen) atoms. The predicted octanol–water partition coefficient (Wildman–Crippen LogP) is 5.84. The van der Waals surface area contributed by atoms with E-state index >= 15 is 0 Å². The Kier molecular flexibility index (Phi) is 5.51. The number of rotatable bonds is 5. The third kappa shape index (κ3) is 4.75. The minimum atomic E-state index is -0.0982. The molecule has 5 heteroatoms. The van der Waals surface area contributed by atoms with Crippen molar-refractivity contribution in [3.8, 4) is 5.75 Å². The minimum absolute atomic E-state index is 0.0982. The van der Waals surface area contributed by atoms with Gasteiger partial charge in [-0.3, -0.25) is 0 Å². The van der Waals surface area contributed by atoms with Gasteiger partial charge in [-0.1, -0.05) is 23.2 Å². The van der Waals surface area contributed by atoms with Crippen LogP contribution in [-0.4, -0.2) is 17.7 Å². The van der Waals surface area contributed by atoms with Crippen LogP contribution in [0.2, 0.25) is 10.0 Å². The summed E-state index contributed by atoms with van der Waals surface area (Å²) < 4.78 is 7.03. The van der Waals surface area contributed by atoms with Crippen LogP contribution in [0, 0.1) is 0 Å². The van der Waals surface area contributed by atoms with Crippen LogP contribution in [0.5, 0.6) is 5.75 Å². The van der Waals surface area contributed by atoms with E-state index in [2.05, 4.69) is 42.0 Å². The molecule has 1 aliphatic carbocycles. The quantitative estimate of drug-likeness (QED) is 0.633. The first-order valence-electron chi connectivity index (χ1n) is 7.29. The first-order chi connectivity index (χ1) is 9.71. The van der Waals surface area contributed by atoms with Crippen LogP contribution in [-0.2, 0) is 0 Å². The second kappa shape index (κ2) is 6.66. The summed E-state index contributed by atoms with van der Waals surface area (Å²) in [4.78, 5) is 0. The Morgan fingerprint density at radius 3 is 2.43 bits per heavy atom. The average molecular weight is 395 g/mol. The van der Waals surface area contributed by atoms with Crippen molar-refractivity contribution >= 4 is 39.1 Å². The van der Waals surface area contributed by atoms with E-state index in [0.717, 1.165) is 30.3 Å². The molecule has 1 saturated carbocycles. The molecule has 0 atom stereocenters. The Balaban J connectivity index is 2.03. The van der Waals surface area contributed by atoms with Crippen molar-refractivity contribution < 1.29 is 4.74 Å². The van der Waals surface area contributed by atoms with Gasteiger partial charge in [0.2, 0.25) is 0 Å². The fourth-order valence-corrected chi connectivity index (χ4v) is 3.29. The molecule has 0 saturated heterocycles. The van der Waals surface area contributed by atoms with Crippen molar-refractivity contribution in [2.75, 3.05) is 6.54 Å². The number of halogens is 3. The Labute approximate surface area is 145 Å². The van der Waals surface area contributed by atoms with Gasteiger partial charge in [0.25, 0.3) is 0 Å². The molecular weight excluding hydrogens is 373 g/mol. The lowest BCUT2D eigenvalue weighted by Gasteiger charge is -2.43. The molecule has 2 nitrogen and oxygen atoms in total. The summed E-state index contributed by atoms with van der Waals surface area (Å²) in [5, 5.41) is 4.74. The van der Waals surface area contributed by atoms with Crippen LogP contribution in [0.3, 0.4) is 0 Å². The van der Waals surface area contributed by atoms with Crippen molar-refractivity contribution in [3.05, 3.63) is 26.7 Å². The van der Waals surface area contributed by atoms with Crippen LogP contribution in [0.1, 0.15) is 46.5 Å². The molecule has 0 heterocycles. The zero-order valence-corrected chi connectivity index (χ0v) is 15.8. The number of ether oxygens (including phenoxy) is 1. The third-order valence-electron chi connectivity index (χ3n) is 3.80. The van der Waals surface area contributed by atoms with Gasteiger partial charge in [0, 0.05) is 16.1 Å². The van der Waals surface area contributed by atoms with Gasteiger partial charge in [0.05, 0.1) is 10.0 Å². The van der Waals surface area contributed by atoms with Gasteiger partial charge in [-0.25, -0.2) is 0 Å². The van der Waals surface area contributed by atoms with Gasteiger partial charge in [-0.15, -0.1) is 0 Å². The molecule has 0 spiro atoms. The lowest BCUT2D eigenvalue weighted by Crippen LogP contribution is -2.47. The van der Waals surface area contributed by atoms with Crippen molar-refractivity contribution in [2.45, 2.75) is 57.6 Å². The average Bonchev–Trinajstić information content (AvgIpc) is 2.30. The molecule has 0 radical (unpaired) electrons. The maximum atomic E-state index is 6.27. The molecule has 0 aromatic heterocycles. The monoisotopic (exact) mass is 393 g/mol. The molecule has 0 amide bonds. The molecule has 0 unspecified atom stereocenters. The second-order valence-corrected chi connectivity index (χ2v) is 8.43. The Hall–Kier alpha value is 0.0400. The smallest absolute Gasteiger partial charge is 0.140 e. The summed E-state index contributed by atoms with van der Waals surface area (Å²) in [5.74, 6) is 0.681. The topological polar surface area (TPSA) is 21.3 Å². The first kappa shape index (κ1) is 17.4. The standard InChI is InChI=1S/C16H22BrCl2NO/c1-15(2,3)20-8-7-16(5-4-6-16)21-14-10-12(18)11(17)9-13(14)19/h9-10,20H,4-8H2,1-3H3. The zero-order valence-electron chi connectivity index (χ0n) is 12.7. The van der Waals surface area contributed by atoms with E-state index in [1.54, 1.807) is 12.1 Å². The highest BCUT2D eigenvalue weighted by Gasteiger charge is 2.39. The second-order valence-electron chi connectivity index (χ2n) is 6.76. The van der Waals surface area contributed by atoms with E-state index in [-0.39, 0.29) is 11.1 Å². The summed E-state index contributed by atoms with van der Waals surface area (Å²) in [6.45, 7) is 7.46. The van der Waals surface area contributed by atoms with Gasteiger partial charge in [-0.05, 0) is 75.0 Å².